The zero-order chi connectivity index (χ0) is 39.5. The van der Waals surface area contributed by atoms with Crippen molar-refractivity contribution in [2.45, 2.75) is 38.8 Å². The van der Waals surface area contributed by atoms with Crippen LogP contribution in [0.15, 0.2) is 66.7 Å². The Hall–Kier alpha value is -6.45. The highest BCUT2D eigenvalue weighted by Crippen LogP contribution is 2.38. The number of imidazole rings is 1. The number of ether oxygens (including phenoxy) is 3. The second kappa shape index (κ2) is 18.5. The van der Waals surface area contributed by atoms with Gasteiger partial charge in [0.2, 0.25) is 23.5 Å². The van der Waals surface area contributed by atoms with Crippen molar-refractivity contribution < 1.29 is 42.6 Å². The third-order valence-corrected chi connectivity index (χ3v) is 8.78. The van der Waals surface area contributed by atoms with E-state index in [0.717, 1.165) is 5.56 Å². The first-order valence-corrected chi connectivity index (χ1v) is 17.7. The largest absolute Gasteiger partial charge is 0.493 e. The minimum Gasteiger partial charge on any atom is -0.493 e. The van der Waals surface area contributed by atoms with E-state index in [1.165, 1.54) is 62.4 Å². The molecule has 290 valence electrons. The van der Waals surface area contributed by atoms with Gasteiger partial charge in [0.05, 0.1) is 27.4 Å². The SMILES string of the molecule is COc1cc2cc(OC)c1OCCCNC(=O)CN(C(=O)c1nc(-c3ccc(F)cc3)[nH]c1C)CCNC(=O)[C@@H](Cc1ccccc1)NC(=O)[C@H](C)NC2=O. The Morgan fingerprint density at radius 2 is 1.60 bits per heavy atom. The van der Waals surface area contributed by atoms with Crippen molar-refractivity contribution >= 4 is 29.5 Å². The number of nitrogens with zero attached hydrogens (tertiary/aromatic N) is 2. The molecule has 2 atom stereocenters. The number of carbonyl (C=O) groups excluding carboxylic acids is 5. The number of H-pyrrole nitrogens is 1. The Balaban J connectivity index is 1.42. The van der Waals surface area contributed by atoms with Crippen LogP contribution in [0.5, 0.6) is 17.2 Å². The predicted molar refractivity (Wildman–Crippen MR) is 199 cm³/mol. The summed E-state index contributed by atoms with van der Waals surface area (Å²) in [4.78, 5) is 76.4. The highest BCUT2D eigenvalue weighted by atomic mass is 19.1. The summed E-state index contributed by atoms with van der Waals surface area (Å²) in [5.41, 5.74) is 1.94. The summed E-state index contributed by atoms with van der Waals surface area (Å²) in [7, 11) is 2.81. The van der Waals surface area contributed by atoms with Gasteiger partial charge in [-0.3, -0.25) is 24.0 Å². The van der Waals surface area contributed by atoms with Crippen molar-refractivity contribution in [3.8, 4) is 28.6 Å². The van der Waals surface area contributed by atoms with Gasteiger partial charge in [0, 0.05) is 42.9 Å². The predicted octanol–water partition coefficient (Wildman–Crippen LogP) is 2.54. The maximum absolute atomic E-state index is 13.9. The molecular formula is C39H44FN7O8. The molecule has 0 saturated carbocycles. The molecule has 0 fully saturated rings. The summed E-state index contributed by atoms with van der Waals surface area (Å²) in [5, 5.41) is 11.0. The first kappa shape index (κ1) is 39.8. The Labute approximate surface area is 317 Å². The molecule has 0 radical (unpaired) electrons. The number of fused-ring (bicyclic) bond motifs is 19. The van der Waals surface area contributed by atoms with E-state index in [1.54, 1.807) is 19.1 Å². The molecule has 4 aromatic rings. The Bertz CT molecular complexity index is 1980. The van der Waals surface area contributed by atoms with E-state index >= 15 is 0 Å². The molecule has 2 aliphatic heterocycles. The lowest BCUT2D eigenvalue weighted by Gasteiger charge is -2.24. The van der Waals surface area contributed by atoms with Gasteiger partial charge in [0.25, 0.3) is 11.8 Å². The smallest absolute Gasteiger partial charge is 0.274 e. The lowest BCUT2D eigenvalue weighted by Crippen LogP contribution is -2.54. The van der Waals surface area contributed by atoms with E-state index in [4.69, 9.17) is 14.2 Å². The quantitative estimate of drug-likeness (QED) is 0.184. The maximum atomic E-state index is 13.9. The van der Waals surface area contributed by atoms with Gasteiger partial charge in [0.1, 0.15) is 29.4 Å². The minimum absolute atomic E-state index is 0.0486. The number of aromatic amines is 1. The van der Waals surface area contributed by atoms with Crippen molar-refractivity contribution in [2.24, 2.45) is 0 Å². The number of aromatic nitrogens is 2. The first-order valence-electron chi connectivity index (χ1n) is 17.7. The van der Waals surface area contributed by atoms with E-state index in [9.17, 15) is 28.4 Å². The minimum atomic E-state index is -1.07. The van der Waals surface area contributed by atoms with E-state index in [-0.39, 0.29) is 67.7 Å². The number of hydrogen-bond acceptors (Lipinski definition) is 9. The monoisotopic (exact) mass is 757 g/mol. The highest BCUT2D eigenvalue weighted by molar-refractivity contribution is 5.99. The molecule has 0 aliphatic carbocycles. The normalized spacial score (nSPS) is 17.7. The molecular weight excluding hydrogens is 713 g/mol. The lowest BCUT2D eigenvalue weighted by molar-refractivity contribution is -0.129. The van der Waals surface area contributed by atoms with Crippen LogP contribution in [0.1, 0.15) is 45.4 Å². The summed E-state index contributed by atoms with van der Waals surface area (Å²) in [6, 6.07) is 15.4. The summed E-state index contributed by atoms with van der Waals surface area (Å²) < 4.78 is 30.5. The van der Waals surface area contributed by atoms with Crippen molar-refractivity contribution in [1.29, 1.82) is 0 Å². The van der Waals surface area contributed by atoms with Crippen LogP contribution in [0.2, 0.25) is 0 Å². The van der Waals surface area contributed by atoms with Crippen LogP contribution < -0.4 is 35.5 Å². The molecule has 0 spiro atoms. The van der Waals surface area contributed by atoms with Gasteiger partial charge < -0.3 is 45.4 Å². The lowest BCUT2D eigenvalue weighted by atomic mass is 10.0. The van der Waals surface area contributed by atoms with Gasteiger partial charge >= 0.3 is 0 Å². The second-order valence-corrected chi connectivity index (χ2v) is 12.8. The van der Waals surface area contributed by atoms with Crippen molar-refractivity contribution in [1.82, 2.24) is 36.1 Å². The van der Waals surface area contributed by atoms with Crippen LogP contribution in [-0.4, -0.2) is 103 Å². The second-order valence-electron chi connectivity index (χ2n) is 12.8. The average molecular weight is 758 g/mol. The fourth-order valence-electron chi connectivity index (χ4n) is 5.81. The van der Waals surface area contributed by atoms with E-state index in [1.807, 2.05) is 18.2 Å². The number of benzene rings is 3. The molecule has 2 aliphatic rings. The van der Waals surface area contributed by atoms with Gasteiger partial charge in [-0.1, -0.05) is 30.3 Å². The number of amides is 5. The number of carbonyl (C=O) groups is 5. The maximum Gasteiger partial charge on any atom is 0.274 e. The molecule has 16 heteroatoms. The number of halogens is 1. The number of hydrogen-bond donors (Lipinski definition) is 5. The molecule has 2 bridgehead atoms. The standard InChI is InChI=1S/C39H44FN7O8/c1-23-33(46-35(43-23)26-11-13-28(40)14-12-26)39(52)47-17-16-42-38(51)29(19-25-9-6-5-7-10-25)45-36(49)24(2)44-37(50)27-20-30(53-3)34(31(21-27)54-4)55-18-8-15-41-32(48)22-47/h5-7,9-14,20-21,24,29H,8,15-19,22H2,1-4H3,(H,41,48)(H,42,51)(H,43,46)(H,44,50)(H,45,49)/t24-,29+/m0/s1. The van der Waals surface area contributed by atoms with Crippen LogP contribution >= 0.6 is 0 Å². The fraction of sp³-hybridized carbons (Fsp3) is 0.333. The zero-order valence-corrected chi connectivity index (χ0v) is 31.0. The molecule has 55 heavy (non-hydrogen) atoms. The van der Waals surface area contributed by atoms with Gasteiger partial charge in [-0.15, -0.1) is 0 Å². The first-order chi connectivity index (χ1) is 26.5. The van der Waals surface area contributed by atoms with Crippen LogP contribution in [0.4, 0.5) is 4.39 Å². The molecule has 0 saturated heterocycles. The van der Waals surface area contributed by atoms with Gasteiger partial charge in [-0.25, -0.2) is 9.37 Å². The molecule has 1 aromatic heterocycles. The van der Waals surface area contributed by atoms with Crippen LogP contribution in [0, 0.1) is 12.7 Å². The van der Waals surface area contributed by atoms with Crippen LogP contribution in [0.25, 0.3) is 11.4 Å². The summed E-state index contributed by atoms with van der Waals surface area (Å²) in [6.45, 7) is 2.94. The number of nitrogens with one attached hydrogen (secondary N) is 5. The van der Waals surface area contributed by atoms with Gasteiger partial charge in [-0.05, 0) is 62.2 Å². The average Bonchev–Trinajstić information content (AvgIpc) is 3.57. The van der Waals surface area contributed by atoms with Crippen LogP contribution in [-0.2, 0) is 20.8 Å². The van der Waals surface area contributed by atoms with Crippen LogP contribution in [0.3, 0.4) is 0 Å². The number of aryl methyl sites for hydroxylation is 1. The molecule has 5 N–H and O–H groups in total. The zero-order valence-electron chi connectivity index (χ0n) is 31.0. The van der Waals surface area contributed by atoms with E-state index < -0.39 is 47.4 Å². The van der Waals surface area contributed by atoms with Gasteiger partial charge in [-0.2, -0.15) is 0 Å². The number of rotatable bonds is 6. The third-order valence-electron chi connectivity index (χ3n) is 8.78. The summed E-state index contributed by atoms with van der Waals surface area (Å²) in [6.07, 6.45) is 0.484. The molecule has 5 amide bonds. The fourth-order valence-corrected chi connectivity index (χ4v) is 5.81. The summed E-state index contributed by atoms with van der Waals surface area (Å²) in [5.74, 6) is -2.25. The third kappa shape index (κ3) is 10.4. The molecule has 15 nitrogen and oxygen atoms in total. The topological polar surface area (TPSA) is 193 Å². The number of methoxy groups -OCH3 is 2. The molecule has 6 rings (SSSR count). The van der Waals surface area contributed by atoms with E-state index in [2.05, 4.69) is 31.2 Å². The Morgan fingerprint density at radius 3 is 2.27 bits per heavy atom. The summed E-state index contributed by atoms with van der Waals surface area (Å²) >= 11 is 0. The Morgan fingerprint density at radius 1 is 0.909 bits per heavy atom. The highest BCUT2D eigenvalue weighted by Gasteiger charge is 2.28. The van der Waals surface area contributed by atoms with Crippen molar-refractivity contribution in [2.75, 3.05) is 47.0 Å². The molecule has 3 aromatic carbocycles. The van der Waals surface area contributed by atoms with Gasteiger partial charge in [0.15, 0.2) is 11.5 Å². The molecule has 3 heterocycles. The molecule has 0 unspecified atom stereocenters. The van der Waals surface area contributed by atoms with E-state index in [0.29, 0.717) is 23.5 Å². The Kier molecular flexibility index (Phi) is 13.4. The van der Waals surface area contributed by atoms with Crippen molar-refractivity contribution in [3.05, 3.63) is 95.1 Å². The van der Waals surface area contributed by atoms with Crippen molar-refractivity contribution in [3.63, 3.8) is 0 Å².